The lowest BCUT2D eigenvalue weighted by atomic mass is 9.92. The van der Waals surface area contributed by atoms with Crippen molar-refractivity contribution in [3.63, 3.8) is 0 Å². The molecule has 0 bridgehead atoms. The number of nitrogens with one attached hydrogen (secondary N) is 2. The van der Waals surface area contributed by atoms with E-state index in [0.29, 0.717) is 13.2 Å². The summed E-state index contributed by atoms with van der Waals surface area (Å²) in [7, 11) is -1.80. The second kappa shape index (κ2) is 6.05. The standard InChI is InChI=1S/C12H25N3O3S/c1-12(5-7-13-8-6-12)14-19(16,17)15-9-3-4-11(15)10-18-2/h11,13-14H,3-10H2,1-2H3. The SMILES string of the molecule is COCC1CCCN1S(=O)(=O)NC1(C)CCNCC1. The molecular formula is C12H25N3O3S. The summed E-state index contributed by atoms with van der Waals surface area (Å²) in [5, 5.41) is 3.26. The summed E-state index contributed by atoms with van der Waals surface area (Å²) < 4.78 is 34.7. The van der Waals surface area contributed by atoms with Crippen LogP contribution in [0.15, 0.2) is 0 Å². The van der Waals surface area contributed by atoms with Gasteiger partial charge in [-0.05, 0) is 45.7 Å². The van der Waals surface area contributed by atoms with Crippen LogP contribution in [0.1, 0.15) is 32.6 Å². The highest BCUT2D eigenvalue weighted by molar-refractivity contribution is 7.87. The zero-order chi connectivity index (χ0) is 13.9. The minimum atomic E-state index is -3.41. The third-order valence-electron chi connectivity index (χ3n) is 4.07. The van der Waals surface area contributed by atoms with Gasteiger partial charge in [0.1, 0.15) is 0 Å². The van der Waals surface area contributed by atoms with Gasteiger partial charge in [-0.15, -0.1) is 0 Å². The topological polar surface area (TPSA) is 70.7 Å². The van der Waals surface area contributed by atoms with E-state index >= 15 is 0 Å². The first-order valence-electron chi connectivity index (χ1n) is 6.97. The van der Waals surface area contributed by atoms with Crippen molar-refractivity contribution in [2.24, 2.45) is 0 Å². The van der Waals surface area contributed by atoms with Crippen molar-refractivity contribution in [1.82, 2.24) is 14.3 Å². The molecule has 0 radical (unpaired) electrons. The third-order valence-corrected chi connectivity index (χ3v) is 5.92. The largest absolute Gasteiger partial charge is 0.383 e. The van der Waals surface area contributed by atoms with Crippen molar-refractivity contribution in [3.8, 4) is 0 Å². The molecular weight excluding hydrogens is 266 g/mol. The van der Waals surface area contributed by atoms with Crippen molar-refractivity contribution < 1.29 is 13.2 Å². The van der Waals surface area contributed by atoms with Gasteiger partial charge in [0.15, 0.2) is 0 Å². The van der Waals surface area contributed by atoms with Crippen LogP contribution in [-0.4, -0.2) is 57.7 Å². The predicted octanol–water partition coefficient (Wildman–Crippen LogP) is 0.0737. The van der Waals surface area contributed by atoms with Crippen molar-refractivity contribution >= 4 is 10.2 Å². The Kier molecular flexibility index (Phi) is 4.84. The summed E-state index contributed by atoms with van der Waals surface area (Å²) >= 11 is 0. The molecule has 2 aliphatic heterocycles. The van der Waals surface area contributed by atoms with Gasteiger partial charge in [-0.2, -0.15) is 17.4 Å². The molecule has 0 spiro atoms. The van der Waals surface area contributed by atoms with E-state index in [1.54, 1.807) is 11.4 Å². The van der Waals surface area contributed by atoms with Gasteiger partial charge in [-0.1, -0.05) is 0 Å². The van der Waals surface area contributed by atoms with E-state index in [4.69, 9.17) is 4.74 Å². The molecule has 2 rings (SSSR count). The third kappa shape index (κ3) is 3.66. The molecule has 2 heterocycles. The Labute approximate surface area is 116 Å². The van der Waals surface area contributed by atoms with Crippen molar-refractivity contribution in [3.05, 3.63) is 0 Å². The Bertz CT molecular complexity index is 393. The molecule has 0 aromatic heterocycles. The highest BCUT2D eigenvalue weighted by atomic mass is 32.2. The first-order valence-corrected chi connectivity index (χ1v) is 8.41. The molecule has 2 saturated heterocycles. The quantitative estimate of drug-likeness (QED) is 0.752. The van der Waals surface area contributed by atoms with E-state index in [1.807, 2.05) is 6.92 Å². The Hall–Kier alpha value is -0.210. The molecule has 6 nitrogen and oxygen atoms in total. The van der Waals surface area contributed by atoms with Crippen LogP contribution in [0.2, 0.25) is 0 Å². The van der Waals surface area contributed by atoms with Crippen LogP contribution >= 0.6 is 0 Å². The summed E-state index contributed by atoms with van der Waals surface area (Å²) in [6.07, 6.45) is 3.45. The zero-order valence-corrected chi connectivity index (χ0v) is 12.6. The van der Waals surface area contributed by atoms with Gasteiger partial charge in [-0.3, -0.25) is 0 Å². The summed E-state index contributed by atoms with van der Waals surface area (Å²) in [4.78, 5) is 0. The highest BCUT2D eigenvalue weighted by Gasteiger charge is 2.39. The Morgan fingerprint density at radius 1 is 1.42 bits per heavy atom. The van der Waals surface area contributed by atoms with Crippen LogP contribution in [0, 0.1) is 0 Å². The maximum Gasteiger partial charge on any atom is 0.280 e. The molecule has 0 aromatic carbocycles. The average Bonchev–Trinajstić information content (AvgIpc) is 2.78. The lowest BCUT2D eigenvalue weighted by Gasteiger charge is -2.36. The summed E-state index contributed by atoms with van der Waals surface area (Å²) in [6, 6.07) is -0.0205. The Morgan fingerprint density at radius 2 is 2.11 bits per heavy atom. The lowest BCUT2D eigenvalue weighted by Crippen LogP contribution is -2.57. The average molecular weight is 291 g/mol. The number of methoxy groups -OCH3 is 1. The van der Waals surface area contributed by atoms with Crippen molar-refractivity contribution in [2.45, 2.75) is 44.2 Å². The highest BCUT2D eigenvalue weighted by Crippen LogP contribution is 2.24. The first-order chi connectivity index (χ1) is 8.97. The van der Waals surface area contributed by atoms with Crippen LogP contribution in [-0.2, 0) is 14.9 Å². The molecule has 0 aromatic rings. The molecule has 2 N–H and O–H groups in total. The fourth-order valence-electron chi connectivity index (χ4n) is 2.94. The van der Waals surface area contributed by atoms with E-state index in [-0.39, 0.29) is 11.6 Å². The van der Waals surface area contributed by atoms with E-state index in [0.717, 1.165) is 38.8 Å². The van der Waals surface area contributed by atoms with Crippen LogP contribution in [0.4, 0.5) is 0 Å². The van der Waals surface area contributed by atoms with Gasteiger partial charge in [0.05, 0.1) is 6.61 Å². The fourth-order valence-corrected chi connectivity index (χ4v) is 4.81. The van der Waals surface area contributed by atoms with Crippen molar-refractivity contribution in [1.29, 1.82) is 0 Å². The molecule has 1 unspecified atom stereocenters. The molecule has 2 fully saturated rings. The number of piperidine rings is 1. The van der Waals surface area contributed by atoms with Gasteiger partial charge in [0, 0.05) is 25.2 Å². The van der Waals surface area contributed by atoms with Gasteiger partial charge in [0.25, 0.3) is 10.2 Å². The Morgan fingerprint density at radius 3 is 2.74 bits per heavy atom. The fraction of sp³-hybridized carbons (Fsp3) is 1.00. The van der Waals surface area contributed by atoms with Crippen LogP contribution in [0.5, 0.6) is 0 Å². The van der Waals surface area contributed by atoms with Crippen molar-refractivity contribution in [2.75, 3.05) is 33.4 Å². The normalized spacial score (nSPS) is 28.6. The van der Waals surface area contributed by atoms with E-state index in [2.05, 4.69) is 10.0 Å². The lowest BCUT2D eigenvalue weighted by molar-refractivity contribution is 0.147. The van der Waals surface area contributed by atoms with Crippen LogP contribution in [0.3, 0.4) is 0 Å². The number of nitrogens with zero attached hydrogens (tertiary/aromatic N) is 1. The van der Waals surface area contributed by atoms with E-state index < -0.39 is 10.2 Å². The molecule has 0 saturated carbocycles. The second-order valence-corrected chi connectivity index (χ2v) is 7.40. The smallest absolute Gasteiger partial charge is 0.280 e. The van der Waals surface area contributed by atoms with E-state index in [9.17, 15) is 8.42 Å². The summed E-state index contributed by atoms with van der Waals surface area (Å²) in [6.45, 7) is 4.78. The maximum absolute atomic E-state index is 12.5. The molecule has 112 valence electrons. The summed E-state index contributed by atoms with van der Waals surface area (Å²) in [5.74, 6) is 0. The molecule has 2 aliphatic rings. The second-order valence-electron chi connectivity index (χ2n) is 5.78. The molecule has 19 heavy (non-hydrogen) atoms. The number of ether oxygens (including phenoxy) is 1. The van der Waals surface area contributed by atoms with Gasteiger partial charge < -0.3 is 10.1 Å². The van der Waals surface area contributed by atoms with Gasteiger partial charge in [-0.25, -0.2) is 0 Å². The van der Waals surface area contributed by atoms with Gasteiger partial charge in [0.2, 0.25) is 0 Å². The van der Waals surface area contributed by atoms with Crippen LogP contribution in [0.25, 0.3) is 0 Å². The maximum atomic E-state index is 12.5. The minimum Gasteiger partial charge on any atom is -0.383 e. The first kappa shape index (κ1) is 15.2. The minimum absolute atomic E-state index is 0.0205. The molecule has 0 amide bonds. The predicted molar refractivity (Wildman–Crippen MR) is 74.2 cm³/mol. The number of rotatable bonds is 5. The zero-order valence-electron chi connectivity index (χ0n) is 11.8. The molecule has 1 atom stereocenters. The molecule has 7 heteroatoms. The van der Waals surface area contributed by atoms with Crippen LogP contribution < -0.4 is 10.0 Å². The monoisotopic (exact) mass is 291 g/mol. The molecule has 0 aliphatic carbocycles. The van der Waals surface area contributed by atoms with Gasteiger partial charge >= 0.3 is 0 Å². The Balaban J connectivity index is 2.04. The van der Waals surface area contributed by atoms with E-state index in [1.165, 1.54) is 0 Å². The summed E-state index contributed by atoms with van der Waals surface area (Å²) in [5.41, 5.74) is -0.329. The number of hydrogen-bond donors (Lipinski definition) is 2. The number of hydrogen-bond acceptors (Lipinski definition) is 4.